The molecule has 1 N–H and O–H groups in total. The van der Waals surface area contributed by atoms with Crippen LogP contribution in [-0.4, -0.2) is 48.3 Å². The Hall–Kier alpha value is -1.80. The Morgan fingerprint density at radius 1 is 1.39 bits per heavy atom. The maximum absolute atomic E-state index is 12.5. The summed E-state index contributed by atoms with van der Waals surface area (Å²) in [6, 6.07) is 4.08. The fraction of sp³-hybridized carbons (Fsp3) is 0.429. The van der Waals surface area contributed by atoms with Crippen molar-refractivity contribution >= 4 is 23.5 Å². The predicted molar refractivity (Wildman–Crippen MR) is 73.9 cm³/mol. The van der Waals surface area contributed by atoms with E-state index in [0.717, 1.165) is 0 Å². The topological polar surface area (TPSA) is 58.6 Å². The number of alkyl halides is 3. The molecule has 2 aliphatic heterocycles. The molecule has 1 aromatic rings. The molecule has 0 saturated carbocycles. The van der Waals surface area contributed by atoms with Gasteiger partial charge in [-0.1, -0.05) is 11.6 Å². The minimum absolute atomic E-state index is 0.237. The van der Waals surface area contributed by atoms with Crippen LogP contribution < -0.4 is 5.32 Å². The molecule has 2 aliphatic rings. The summed E-state index contributed by atoms with van der Waals surface area (Å²) in [5, 5.41) is 3.15. The zero-order chi connectivity index (χ0) is 16.8. The quantitative estimate of drug-likeness (QED) is 0.785. The number of carbonyl (C=O) groups is 2. The van der Waals surface area contributed by atoms with Crippen LogP contribution in [0.3, 0.4) is 0 Å². The summed E-state index contributed by atoms with van der Waals surface area (Å²) in [5.41, 5.74) is 1.09. The van der Waals surface area contributed by atoms with Gasteiger partial charge in [0.2, 0.25) is 0 Å². The molecule has 0 aliphatic carbocycles. The van der Waals surface area contributed by atoms with E-state index in [1.165, 1.54) is 4.90 Å². The minimum Gasteiger partial charge on any atom is -0.438 e. The Balaban J connectivity index is 1.87. The summed E-state index contributed by atoms with van der Waals surface area (Å²) in [6.45, 7) is 0.562. The summed E-state index contributed by atoms with van der Waals surface area (Å²) in [7, 11) is 0. The maximum Gasteiger partial charge on any atom is 0.490 e. The molecule has 1 aromatic carbocycles. The number of rotatable bonds is 1. The second kappa shape index (κ2) is 5.68. The summed E-state index contributed by atoms with van der Waals surface area (Å²) >= 11 is 5.91. The van der Waals surface area contributed by atoms with Crippen LogP contribution in [0.1, 0.15) is 15.9 Å². The highest BCUT2D eigenvalue weighted by Gasteiger charge is 2.46. The first-order valence-corrected chi connectivity index (χ1v) is 7.26. The molecular weight excluding hydrogens is 337 g/mol. The van der Waals surface area contributed by atoms with Gasteiger partial charge >= 0.3 is 12.1 Å². The monoisotopic (exact) mass is 348 g/mol. The van der Waals surface area contributed by atoms with Gasteiger partial charge in [-0.2, -0.15) is 13.2 Å². The third-order valence-electron chi connectivity index (χ3n) is 3.90. The van der Waals surface area contributed by atoms with Gasteiger partial charge in [-0.3, -0.25) is 10.1 Å². The molecule has 23 heavy (non-hydrogen) atoms. The van der Waals surface area contributed by atoms with Crippen molar-refractivity contribution in [2.45, 2.75) is 24.9 Å². The predicted octanol–water partition coefficient (Wildman–Crippen LogP) is 1.74. The first-order chi connectivity index (χ1) is 10.8. The summed E-state index contributed by atoms with van der Waals surface area (Å²) in [4.78, 5) is 25.0. The van der Waals surface area contributed by atoms with Crippen LogP contribution in [-0.2, 0) is 16.0 Å². The normalized spacial score (nSPS) is 24.0. The Bertz CT molecular complexity index is 665. The standard InChI is InChI=1S/C14H12ClF3N2O3/c15-8-1-2-9-7(5-8)6-10-11(23-13(22)14(16,17)18)19-3-4-20(10)12(9)21/h1-2,5,10-11,19H,3-4,6H2. The molecule has 0 aromatic heterocycles. The lowest BCUT2D eigenvalue weighted by Gasteiger charge is -2.44. The van der Waals surface area contributed by atoms with Crippen LogP contribution in [0.25, 0.3) is 0 Å². The number of amides is 1. The molecule has 9 heteroatoms. The van der Waals surface area contributed by atoms with Crippen LogP contribution in [0.15, 0.2) is 18.2 Å². The number of hydrogen-bond acceptors (Lipinski definition) is 4. The van der Waals surface area contributed by atoms with Crippen LogP contribution in [0.4, 0.5) is 13.2 Å². The van der Waals surface area contributed by atoms with Crippen molar-refractivity contribution < 1.29 is 27.5 Å². The van der Waals surface area contributed by atoms with E-state index in [0.29, 0.717) is 22.7 Å². The van der Waals surface area contributed by atoms with Gasteiger partial charge in [0.15, 0.2) is 6.23 Å². The number of nitrogens with zero attached hydrogens (tertiary/aromatic N) is 1. The van der Waals surface area contributed by atoms with Gasteiger partial charge in [0.05, 0.1) is 6.04 Å². The number of hydrogen-bond donors (Lipinski definition) is 1. The molecule has 2 atom stereocenters. The second-order valence-electron chi connectivity index (χ2n) is 5.35. The first kappa shape index (κ1) is 16.1. The van der Waals surface area contributed by atoms with E-state index in [-0.39, 0.29) is 18.9 Å². The molecule has 5 nitrogen and oxygen atoms in total. The van der Waals surface area contributed by atoms with Gasteiger partial charge in [0.1, 0.15) is 0 Å². The molecule has 1 saturated heterocycles. The van der Waals surface area contributed by atoms with Crippen molar-refractivity contribution in [2.75, 3.05) is 13.1 Å². The number of halogens is 4. The average Bonchev–Trinajstić information content (AvgIpc) is 2.47. The van der Waals surface area contributed by atoms with E-state index in [4.69, 9.17) is 11.6 Å². The molecule has 1 amide bonds. The van der Waals surface area contributed by atoms with Gasteiger partial charge in [-0.25, -0.2) is 4.79 Å². The SMILES string of the molecule is O=C1c2ccc(Cl)cc2CC2C(OC(=O)C(F)(F)F)NCCN12. The highest BCUT2D eigenvalue weighted by Crippen LogP contribution is 2.30. The molecule has 3 rings (SSSR count). The van der Waals surface area contributed by atoms with E-state index in [1.807, 2.05) is 0 Å². The van der Waals surface area contributed by atoms with Crippen molar-refractivity contribution in [3.8, 4) is 0 Å². The fourth-order valence-electron chi connectivity index (χ4n) is 2.88. The molecule has 0 spiro atoms. The molecule has 1 fully saturated rings. The number of esters is 1. The Morgan fingerprint density at radius 3 is 2.83 bits per heavy atom. The van der Waals surface area contributed by atoms with E-state index < -0.39 is 24.4 Å². The highest BCUT2D eigenvalue weighted by atomic mass is 35.5. The zero-order valence-electron chi connectivity index (χ0n) is 11.7. The van der Waals surface area contributed by atoms with Gasteiger partial charge in [0, 0.05) is 23.7 Å². The van der Waals surface area contributed by atoms with Gasteiger partial charge < -0.3 is 9.64 Å². The lowest BCUT2D eigenvalue weighted by Crippen LogP contribution is -2.63. The fourth-order valence-corrected chi connectivity index (χ4v) is 3.08. The molecule has 2 heterocycles. The maximum atomic E-state index is 12.5. The average molecular weight is 349 g/mol. The number of carbonyl (C=O) groups excluding carboxylic acids is 2. The van der Waals surface area contributed by atoms with E-state index in [2.05, 4.69) is 10.1 Å². The van der Waals surface area contributed by atoms with Crippen LogP contribution >= 0.6 is 11.6 Å². The Labute approximate surface area is 134 Å². The van der Waals surface area contributed by atoms with Crippen molar-refractivity contribution in [3.63, 3.8) is 0 Å². The van der Waals surface area contributed by atoms with Crippen LogP contribution in [0.2, 0.25) is 5.02 Å². The van der Waals surface area contributed by atoms with Gasteiger partial charge in [0.25, 0.3) is 5.91 Å². The smallest absolute Gasteiger partial charge is 0.438 e. The number of ether oxygens (including phenoxy) is 1. The van der Waals surface area contributed by atoms with Gasteiger partial charge in [-0.15, -0.1) is 0 Å². The van der Waals surface area contributed by atoms with Crippen molar-refractivity contribution in [1.82, 2.24) is 10.2 Å². The lowest BCUT2D eigenvalue weighted by atomic mass is 9.91. The molecule has 2 unspecified atom stereocenters. The number of fused-ring (bicyclic) bond motifs is 2. The molecule has 124 valence electrons. The summed E-state index contributed by atoms with van der Waals surface area (Å²) in [5.74, 6) is -2.58. The van der Waals surface area contributed by atoms with E-state index in [1.54, 1.807) is 18.2 Å². The molecule has 0 radical (unpaired) electrons. The van der Waals surface area contributed by atoms with Crippen molar-refractivity contribution in [3.05, 3.63) is 34.3 Å². The first-order valence-electron chi connectivity index (χ1n) is 6.88. The largest absolute Gasteiger partial charge is 0.490 e. The zero-order valence-corrected chi connectivity index (χ0v) is 12.4. The third-order valence-corrected chi connectivity index (χ3v) is 4.14. The summed E-state index contributed by atoms with van der Waals surface area (Å²) in [6.07, 6.45) is -6.04. The minimum atomic E-state index is -5.08. The van der Waals surface area contributed by atoms with Crippen molar-refractivity contribution in [2.24, 2.45) is 0 Å². The van der Waals surface area contributed by atoms with Crippen molar-refractivity contribution in [1.29, 1.82) is 0 Å². The number of piperazine rings is 1. The van der Waals surface area contributed by atoms with Crippen LogP contribution in [0.5, 0.6) is 0 Å². The number of nitrogens with one attached hydrogen (secondary N) is 1. The van der Waals surface area contributed by atoms with Crippen LogP contribution in [0, 0.1) is 0 Å². The lowest BCUT2D eigenvalue weighted by molar-refractivity contribution is -0.210. The molecule has 0 bridgehead atoms. The van der Waals surface area contributed by atoms with E-state index in [9.17, 15) is 22.8 Å². The highest BCUT2D eigenvalue weighted by molar-refractivity contribution is 6.30. The Morgan fingerprint density at radius 2 is 2.13 bits per heavy atom. The van der Waals surface area contributed by atoms with E-state index >= 15 is 0 Å². The molecular formula is C14H12ClF3N2O3. The number of benzene rings is 1. The third kappa shape index (κ3) is 3.00. The second-order valence-corrected chi connectivity index (χ2v) is 5.79. The Kier molecular flexibility index (Phi) is 3.97. The van der Waals surface area contributed by atoms with Gasteiger partial charge in [-0.05, 0) is 30.2 Å². The summed E-state index contributed by atoms with van der Waals surface area (Å²) < 4.78 is 41.7.